The van der Waals surface area contributed by atoms with Crippen LogP contribution in [0, 0.1) is 0 Å². The van der Waals surface area contributed by atoms with Crippen LogP contribution in [0.4, 0.5) is 4.79 Å². The van der Waals surface area contributed by atoms with Crippen molar-refractivity contribution in [1.29, 1.82) is 0 Å². The Bertz CT molecular complexity index is 665. The molecule has 5 heteroatoms. The van der Waals surface area contributed by atoms with Gasteiger partial charge in [0.2, 0.25) is 0 Å². The molecular formula is C20H24N2O3. The molecule has 25 heavy (non-hydrogen) atoms. The molecule has 5 nitrogen and oxygen atoms in total. The smallest absolute Gasteiger partial charge is 0.410 e. The molecule has 0 bridgehead atoms. The first-order valence-electron chi connectivity index (χ1n) is 8.55. The van der Waals surface area contributed by atoms with Gasteiger partial charge in [-0.2, -0.15) is 0 Å². The lowest BCUT2D eigenvalue weighted by Gasteiger charge is -2.34. The minimum Gasteiger partial charge on any atom is -0.497 e. The van der Waals surface area contributed by atoms with Gasteiger partial charge in [0.1, 0.15) is 12.4 Å². The SMILES string of the molecule is COc1ccc(CN2CCN(C(=O)OCc3ccccc3)CC2)cc1. The molecule has 0 aliphatic carbocycles. The third kappa shape index (κ3) is 4.97. The van der Waals surface area contributed by atoms with Crippen LogP contribution in [0.5, 0.6) is 5.75 Å². The van der Waals surface area contributed by atoms with E-state index in [1.54, 1.807) is 12.0 Å². The molecule has 1 amide bonds. The highest BCUT2D eigenvalue weighted by atomic mass is 16.6. The molecule has 1 aliphatic heterocycles. The average molecular weight is 340 g/mol. The molecule has 132 valence electrons. The van der Waals surface area contributed by atoms with Crippen LogP contribution < -0.4 is 4.74 Å². The number of hydrogen-bond donors (Lipinski definition) is 0. The van der Waals surface area contributed by atoms with Gasteiger partial charge >= 0.3 is 6.09 Å². The predicted octanol–water partition coefficient (Wildman–Crippen LogP) is 3.15. The van der Waals surface area contributed by atoms with E-state index in [0.717, 1.165) is 30.9 Å². The molecule has 1 saturated heterocycles. The molecule has 3 rings (SSSR count). The van der Waals surface area contributed by atoms with Gasteiger partial charge in [-0.25, -0.2) is 4.79 Å². The molecule has 2 aromatic rings. The first kappa shape index (κ1) is 17.3. The Labute approximate surface area is 148 Å². The van der Waals surface area contributed by atoms with Crippen molar-refractivity contribution in [3.8, 4) is 5.75 Å². The molecule has 0 atom stereocenters. The Balaban J connectivity index is 1.42. The number of methoxy groups -OCH3 is 1. The standard InChI is InChI=1S/C20H24N2O3/c1-24-19-9-7-17(8-10-19)15-21-11-13-22(14-12-21)20(23)25-16-18-5-3-2-4-6-18/h2-10H,11-16H2,1H3. The zero-order chi connectivity index (χ0) is 17.5. The maximum Gasteiger partial charge on any atom is 0.410 e. The van der Waals surface area contributed by atoms with Crippen LogP contribution in [0.2, 0.25) is 0 Å². The number of hydrogen-bond acceptors (Lipinski definition) is 4. The van der Waals surface area contributed by atoms with E-state index in [2.05, 4.69) is 17.0 Å². The zero-order valence-corrected chi connectivity index (χ0v) is 14.6. The lowest BCUT2D eigenvalue weighted by Crippen LogP contribution is -2.48. The van der Waals surface area contributed by atoms with E-state index in [0.29, 0.717) is 19.7 Å². The topological polar surface area (TPSA) is 42.0 Å². The summed E-state index contributed by atoms with van der Waals surface area (Å²) in [6.07, 6.45) is -0.229. The van der Waals surface area contributed by atoms with Crippen molar-refractivity contribution in [2.45, 2.75) is 13.2 Å². The summed E-state index contributed by atoms with van der Waals surface area (Å²) in [6.45, 7) is 4.31. The van der Waals surface area contributed by atoms with Crippen LogP contribution in [0.1, 0.15) is 11.1 Å². The largest absolute Gasteiger partial charge is 0.497 e. The molecule has 0 unspecified atom stereocenters. The Kier molecular flexibility index (Phi) is 5.90. The monoisotopic (exact) mass is 340 g/mol. The summed E-state index contributed by atoms with van der Waals surface area (Å²) in [5, 5.41) is 0. The third-order valence-corrected chi connectivity index (χ3v) is 4.40. The van der Waals surface area contributed by atoms with Crippen LogP contribution in [0.15, 0.2) is 54.6 Å². The van der Waals surface area contributed by atoms with Gasteiger partial charge in [-0.15, -0.1) is 0 Å². The van der Waals surface area contributed by atoms with Crippen LogP contribution in [-0.4, -0.2) is 49.2 Å². The average Bonchev–Trinajstić information content (AvgIpc) is 2.68. The van der Waals surface area contributed by atoms with Crippen LogP contribution >= 0.6 is 0 Å². The molecule has 0 spiro atoms. The Morgan fingerprint density at radius 2 is 1.60 bits per heavy atom. The van der Waals surface area contributed by atoms with E-state index in [9.17, 15) is 4.79 Å². The van der Waals surface area contributed by atoms with Crippen LogP contribution in [0.25, 0.3) is 0 Å². The van der Waals surface area contributed by atoms with Crippen LogP contribution in [0.3, 0.4) is 0 Å². The maximum atomic E-state index is 12.2. The van der Waals surface area contributed by atoms with Gasteiger partial charge in [0.25, 0.3) is 0 Å². The van der Waals surface area contributed by atoms with Crippen molar-refractivity contribution in [2.24, 2.45) is 0 Å². The van der Waals surface area contributed by atoms with Gasteiger partial charge in [-0.05, 0) is 23.3 Å². The Morgan fingerprint density at radius 3 is 2.24 bits per heavy atom. The fourth-order valence-corrected chi connectivity index (χ4v) is 2.89. The van der Waals surface area contributed by atoms with E-state index in [1.807, 2.05) is 42.5 Å². The second kappa shape index (κ2) is 8.53. The molecule has 0 N–H and O–H groups in total. The van der Waals surface area contributed by atoms with Gasteiger partial charge in [0.15, 0.2) is 0 Å². The Morgan fingerprint density at radius 1 is 0.920 bits per heavy atom. The lowest BCUT2D eigenvalue weighted by atomic mass is 10.2. The maximum absolute atomic E-state index is 12.2. The second-order valence-electron chi connectivity index (χ2n) is 6.15. The molecule has 1 aliphatic rings. The zero-order valence-electron chi connectivity index (χ0n) is 14.6. The van der Waals surface area contributed by atoms with Crippen molar-refractivity contribution in [3.05, 3.63) is 65.7 Å². The molecule has 1 heterocycles. The first-order chi connectivity index (χ1) is 12.2. The van der Waals surface area contributed by atoms with Crippen molar-refractivity contribution in [2.75, 3.05) is 33.3 Å². The quantitative estimate of drug-likeness (QED) is 0.838. The van der Waals surface area contributed by atoms with E-state index >= 15 is 0 Å². The highest BCUT2D eigenvalue weighted by molar-refractivity contribution is 5.67. The molecule has 0 aromatic heterocycles. The first-order valence-corrected chi connectivity index (χ1v) is 8.55. The van der Waals surface area contributed by atoms with Gasteiger partial charge in [-0.1, -0.05) is 42.5 Å². The van der Waals surface area contributed by atoms with Gasteiger partial charge in [-0.3, -0.25) is 4.90 Å². The van der Waals surface area contributed by atoms with Crippen LogP contribution in [-0.2, 0) is 17.9 Å². The van der Waals surface area contributed by atoms with Gasteiger partial charge in [0, 0.05) is 32.7 Å². The second-order valence-corrected chi connectivity index (χ2v) is 6.15. The Hall–Kier alpha value is -2.53. The van der Waals surface area contributed by atoms with E-state index in [4.69, 9.17) is 9.47 Å². The highest BCUT2D eigenvalue weighted by Crippen LogP contribution is 2.14. The number of carbonyl (C=O) groups is 1. The highest BCUT2D eigenvalue weighted by Gasteiger charge is 2.22. The number of carbonyl (C=O) groups excluding carboxylic acids is 1. The number of rotatable bonds is 5. The number of amides is 1. The molecule has 2 aromatic carbocycles. The molecule has 0 saturated carbocycles. The molecule has 1 fully saturated rings. The summed E-state index contributed by atoms with van der Waals surface area (Å²) in [6, 6.07) is 17.9. The minimum absolute atomic E-state index is 0.229. The summed E-state index contributed by atoms with van der Waals surface area (Å²) in [5.41, 5.74) is 2.26. The summed E-state index contributed by atoms with van der Waals surface area (Å²) in [7, 11) is 1.67. The summed E-state index contributed by atoms with van der Waals surface area (Å²) in [4.78, 5) is 16.3. The lowest BCUT2D eigenvalue weighted by molar-refractivity contribution is 0.0700. The van der Waals surface area contributed by atoms with E-state index < -0.39 is 0 Å². The van der Waals surface area contributed by atoms with Crippen molar-refractivity contribution < 1.29 is 14.3 Å². The van der Waals surface area contributed by atoms with Gasteiger partial charge < -0.3 is 14.4 Å². The fourth-order valence-electron chi connectivity index (χ4n) is 2.89. The van der Waals surface area contributed by atoms with Crippen molar-refractivity contribution >= 4 is 6.09 Å². The normalized spacial score (nSPS) is 15.0. The number of ether oxygens (including phenoxy) is 2. The number of nitrogens with zero attached hydrogens (tertiary/aromatic N) is 2. The predicted molar refractivity (Wildman–Crippen MR) is 96.5 cm³/mol. The number of benzene rings is 2. The fraction of sp³-hybridized carbons (Fsp3) is 0.350. The van der Waals surface area contributed by atoms with E-state index in [1.165, 1.54) is 5.56 Å². The van der Waals surface area contributed by atoms with E-state index in [-0.39, 0.29) is 6.09 Å². The number of piperazine rings is 1. The minimum atomic E-state index is -0.229. The summed E-state index contributed by atoms with van der Waals surface area (Å²) < 4.78 is 10.6. The summed E-state index contributed by atoms with van der Waals surface area (Å²) in [5.74, 6) is 0.870. The molecule has 0 radical (unpaired) electrons. The third-order valence-electron chi connectivity index (χ3n) is 4.40. The van der Waals surface area contributed by atoms with Crippen molar-refractivity contribution in [3.63, 3.8) is 0 Å². The molecular weight excluding hydrogens is 316 g/mol. The van der Waals surface area contributed by atoms with Gasteiger partial charge in [0.05, 0.1) is 7.11 Å². The van der Waals surface area contributed by atoms with Crippen molar-refractivity contribution in [1.82, 2.24) is 9.80 Å². The summed E-state index contributed by atoms with van der Waals surface area (Å²) >= 11 is 0.